The second-order valence-corrected chi connectivity index (χ2v) is 5.37. The SMILES string of the molecule is CCCn1c(CNCC(C)C)cc2ccccc21. The molecule has 0 atom stereocenters. The van der Waals surface area contributed by atoms with Gasteiger partial charge in [-0.15, -0.1) is 0 Å². The van der Waals surface area contributed by atoms with Crippen LogP contribution >= 0.6 is 0 Å². The molecule has 0 fully saturated rings. The van der Waals surface area contributed by atoms with Gasteiger partial charge in [-0.2, -0.15) is 0 Å². The van der Waals surface area contributed by atoms with Crippen molar-refractivity contribution in [3.63, 3.8) is 0 Å². The van der Waals surface area contributed by atoms with Gasteiger partial charge >= 0.3 is 0 Å². The lowest BCUT2D eigenvalue weighted by Gasteiger charge is -2.11. The maximum atomic E-state index is 3.54. The highest BCUT2D eigenvalue weighted by atomic mass is 15.0. The summed E-state index contributed by atoms with van der Waals surface area (Å²) in [5.74, 6) is 0.703. The standard InChI is InChI=1S/C16H24N2/c1-4-9-18-15(12-17-11-13(2)3)10-14-7-5-6-8-16(14)18/h5-8,10,13,17H,4,9,11-12H2,1-3H3. The average molecular weight is 244 g/mol. The van der Waals surface area contributed by atoms with Crippen LogP contribution in [-0.2, 0) is 13.1 Å². The van der Waals surface area contributed by atoms with E-state index < -0.39 is 0 Å². The molecule has 2 aromatic rings. The van der Waals surface area contributed by atoms with E-state index in [0.717, 1.165) is 19.6 Å². The summed E-state index contributed by atoms with van der Waals surface area (Å²) in [5, 5.41) is 4.89. The molecule has 0 saturated heterocycles. The molecule has 2 nitrogen and oxygen atoms in total. The highest BCUT2D eigenvalue weighted by Gasteiger charge is 2.07. The summed E-state index contributed by atoms with van der Waals surface area (Å²) in [6.07, 6.45) is 1.18. The fourth-order valence-corrected chi connectivity index (χ4v) is 2.39. The summed E-state index contributed by atoms with van der Waals surface area (Å²) in [7, 11) is 0. The zero-order valence-corrected chi connectivity index (χ0v) is 11.7. The molecule has 0 unspecified atom stereocenters. The first-order valence-electron chi connectivity index (χ1n) is 7.00. The predicted octanol–water partition coefficient (Wildman–Crippen LogP) is 3.80. The Labute approximate surface area is 110 Å². The van der Waals surface area contributed by atoms with E-state index in [-0.39, 0.29) is 0 Å². The van der Waals surface area contributed by atoms with E-state index in [4.69, 9.17) is 0 Å². The Morgan fingerprint density at radius 3 is 2.72 bits per heavy atom. The van der Waals surface area contributed by atoms with Crippen molar-refractivity contribution in [2.75, 3.05) is 6.54 Å². The lowest BCUT2D eigenvalue weighted by Crippen LogP contribution is -2.20. The molecule has 0 amide bonds. The van der Waals surface area contributed by atoms with E-state index in [1.807, 2.05) is 0 Å². The Morgan fingerprint density at radius 1 is 1.22 bits per heavy atom. The van der Waals surface area contributed by atoms with Gasteiger partial charge in [-0.1, -0.05) is 39.0 Å². The first kappa shape index (κ1) is 13.2. The Balaban J connectivity index is 2.22. The number of rotatable bonds is 6. The number of benzene rings is 1. The Hall–Kier alpha value is -1.28. The van der Waals surface area contributed by atoms with Gasteiger partial charge in [-0.05, 0) is 36.4 Å². The second kappa shape index (κ2) is 6.05. The molecule has 2 rings (SSSR count). The molecule has 0 aliphatic rings. The van der Waals surface area contributed by atoms with Crippen molar-refractivity contribution in [3.05, 3.63) is 36.0 Å². The van der Waals surface area contributed by atoms with Crippen molar-refractivity contribution < 1.29 is 0 Å². The smallest absolute Gasteiger partial charge is 0.0482 e. The molecular weight excluding hydrogens is 220 g/mol. The van der Waals surface area contributed by atoms with Gasteiger partial charge < -0.3 is 9.88 Å². The topological polar surface area (TPSA) is 17.0 Å². The lowest BCUT2D eigenvalue weighted by atomic mass is 10.2. The fourth-order valence-electron chi connectivity index (χ4n) is 2.39. The Kier molecular flexibility index (Phi) is 4.43. The number of aryl methyl sites for hydroxylation is 1. The molecular formula is C16H24N2. The summed E-state index contributed by atoms with van der Waals surface area (Å²) in [4.78, 5) is 0. The van der Waals surface area contributed by atoms with Crippen molar-refractivity contribution in [2.24, 2.45) is 5.92 Å². The maximum absolute atomic E-state index is 3.54. The molecule has 0 aliphatic heterocycles. The normalized spacial score (nSPS) is 11.6. The zero-order chi connectivity index (χ0) is 13.0. The molecule has 18 heavy (non-hydrogen) atoms. The van der Waals surface area contributed by atoms with Crippen LogP contribution in [-0.4, -0.2) is 11.1 Å². The first-order chi connectivity index (χ1) is 8.72. The minimum Gasteiger partial charge on any atom is -0.343 e. The van der Waals surface area contributed by atoms with Crippen LogP contribution in [0.5, 0.6) is 0 Å². The number of nitrogens with zero attached hydrogens (tertiary/aromatic N) is 1. The van der Waals surface area contributed by atoms with Crippen LogP contribution in [0.1, 0.15) is 32.9 Å². The van der Waals surface area contributed by atoms with Crippen LogP contribution in [0.15, 0.2) is 30.3 Å². The monoisotopic (exact) mass is 244 g/mol. The van der Waals surface area contributed by atoms with E-state index in [1.165, 1.54) is 23.0 Å². The average Bonchev–Trinajstić information content (AvgIpc) is 2.68. The molecule has 1 aromatic heterocycles. The van der Waals surface area contributed by atoms with E-state index in [0.29, 0.717) is 5.92 Å². The first-order valence-corrected chi connectivity index (χ1v) is 7.00. The third-order valence-electron chi connectivity index (χ3n) is 3.20. The van der Waals surface area contributed by atoms with Crippen LogP contribution < -0.4 is 5.32 Å². The van der Waals surface area contributed by atoms with Crippen LogP contribution in [0, 0.1) is 5.92 Å². The van der Waals surface area contributed by atoms with Gasteiger partial charge in [0.1, 0.15) is 0 Å². The minimum absolute atomic E-state index is 0.703. The molecule has 0 aliphatic carbocycles. The van der Waals surface area contributed by atoms with Gasteiger partial charge in [-0.3, -0.25) is 0 Å². The lowest BCUT2D eigenvalue weighted by molar-refractivity contribution is 0.535. The van der Waals surface area contributed by atoms with Crippen LogP contribution in [0.25, 0.3) is 10.9 Å². The third-order valence-corrected chi connectivity index (χ3v) is 3.20. The number of para-hydroxylation sites is 1. The van der Waals surface area contributed by atoms with Gasteiger partial charge in [0, 0.05) is 24.3 Å². The van der Waals surface area contributed by atoms with Crippen molar-refractivity contribution in [2.45, 2.75) is 40.3 Å². The van der Waals surface area contributed by atoms with Crippen LogP contribution in [0.3, 0.4) is 0 Å². The molecule has 0 spiro atoms. The minimum atomic E-state index is 0.703. The highest BCUT2D eigenvalue weighted by molar-refractivity contribution is 5.81. The molecule has 1 N–H and O–H groups in total. The Bertz CT molecular complexity index is 497. The van der Waals surface area contributed by atoms with Gasteiger partial charge in [0.05, 0.1) is 0 Å². The molecule has 0 radical (unpaired) electrons. The predicted molar refractivity (Wildman–Crippen MR) is 78.8 cm³/mol. The van der Waals surface area contributed by atoms with Gasteiger partial charge in [0.15, 0.2) is 0 Å². The molecule has 0 saturated carbocycles. The summed E-state index contributed by atoms with van der Waals surface area (Å²) >= 11 is 0. The van der Waals surface area contributed by atoms with E-state index in [1.54, 1.807) is 0 Å². The number of nitrogens with one attached hydrogen (secondary N) is 1. The van der Waals surface area contributed by atoms with E-state index in [9.17, 15) is 0 Å². The number of aromatic nitrogens is 1. The van der Waals surface area contributed by atoms with Gasteiger partial charge in [0.25, 0.3) is 0 Å². The summed E-state index contributed by atoms with van der Waals surface area (Å²) in [6, 6.07) is 11.0. The van der Waals surface area contributed by atoms with Gasteiger partial charge in [0.2, 0.25) is 0 Å². The molecule has 0 bridgehead atoms. The number of fused-ring (bicyclic) bond motifs is 1. The molecule has 1 aromatic carbocycles. The van der Waals surface area contributed by atoms with Crippen molar-refractivity contribution in [1.82, 2.24) is 9.88 Å². The van der Waals surface area contributed by atoms with Crippen molar-refractivity contribution in [1.29, 1.82) is 0 Å². The molecule has 98 valence electrons. The zero-order valence-electron chi connectivity index (χ0n) is 11.7. The largest absolute Gasteiger partial charge is 0.343 e. The van der Waals surface area contributed by atoms with Gasteiger partial charge in [-0.25, -0.2) is 0 Å². The highest BCUT2D eigenvalue weighted by Crippen LogP contribution is 2.20. The Morgan fingerprint density at radius 2 is 2.00 bits per heavy atom. The van der Waals surface area contributed by atoms with Crippen molar-refractivity contribution >= 4 is 10.9 Å². The molecule has 2 heteroatoms. The maximum Gasteiger partial charge on any atom is 0.0482 e. The number of hydrogen-bond donors (Lipinski definition) is 1. The summed E-state index contributed by atoms with van der Waals surface area (Å²) in [5.41, 5.74) is 2.76. The number of hydrogen-bond acceptors (Lipinski definition) is 1. The van der Waals surface area contributed by atoms with Crippen LogP contribution in [0.4, 0.5) is 0 Å². The third kappa shape index (κ3) is 2.94. The molecule has 1 heterocycles. The van der Waals surface area contributed by atoms with Crippen molar-refractivity contribution in [3.8, 4) is 0 Å². The van der Waals surface area contributed by atoms with Crippen LogP contribution in [0.2, 0.25) is 0 Å². The summed E-state index contributed by atoms with van der Waals surface area (Å²) < 4.78 is 2.45. The second-order valence-electron chi connectivity index (χ2n) is 5.37. The quantitative estimate of drug-likeness (QED) is 0.818. The fraction of sp³-hybridized carbons (Fsp3) is 0.500. The summed E-state index contributed by atoms with van der Waals surface area (Å²) in [6.45, 7) is 9.87. The van der Waals surface area contributed by atoms with E-state index in [2.05, 4.69) is 61.0 Å². The van der Waals surface area contributed by atoms with E-state index >= 15 is 0 Å².